The molecule has 0 spiro atoms. The van der Waals surface area contributed by atoms with E-state index < -0.39 is 11.7 Å². The first-order chi connectivity index (χ1) is 9.45. The molecule has 0 saturated heterocycles. The molecule has 2 unspecified atom stereocenters. The molecule has 0 aliphatic heterocycles. The maximum Gasteiger partial charge on any atom is 0.416 e. The largest absolute Gasteiger partial charge is 0.416 e. The minimum absolute atomic E-state index is 0.593. The molecule has 0 aromatic heterocycles. The van der Waals surface area contributed by atoms with Crippen molar-refractivity contribution < 1.29 is 13.2 Å². The van der Waals surface area contributed by atoms with Gasteiger partial charge in [0.15, 0.2) is 0 Å². The highest BCUT2D eigenvalue weighted by molar-refractivity contribution is 5.45. The zero-order valence-electron chi connectivity index (χ0n) is 11.8. The van der Waals surface area contributed by atoms with Crippen LogP contribution in [0, 0.1) is 11.8 Å². The number of anilines is 1. The lowest BCUT2D eigenvalue weighted by atomic mass is 9.81. The fourth-order valence-corrected chi connectivity index (χ4v) is 3.02. The number of halogens is 3. The van der Waals surface area contributed by atoms with Crippen LogP contribution < -0.4 is 5.32 Å². The average Bonchev–Trinajstić information content (AvgIpc) is 2.38. The van der Waals surface area contributed by atoms with Crippen LogP contribution in [0.5, 0.6) is 0 Å². The topological polar surface area (TPSA) is 12.0 Å². The second-order valence-electron chi connectivity index (χ2n) is 5.93. The van der Waals surface area contributed by atoms with Gasteiger partial charge in [0.25, 0.3) is 0 Å². The molecular weight excluding hydrogens is 263 g/mol. The van der Waals surface area contributed by atoms with Crippen molar-refractivity contribution in [3.05, 3.63) is 29.8 Å². The number of nitrogens with one attached hydrogen (secondary N) is 1. The predicted molar refractivity (Wildman–Crippen MR) is 75.7 cm³/mol. The van der Waals surface area contributed by atoms with Crippen molar-refractivity contribution in [1.29, 1.82) is 0 Å². The third-order valence-corrected chi connectivity index (χ3v) is 4.14. The van der Waals surface area contributed by atoms with Gasteiger partial charge in [-0.3, -0.25) is 0 Å². The van der Waals surface area contributed by atoms with E-state index in [-0.39, 0.29) is 0 Å². The van der Waals surface area contributed by atoms with E-state index in [1.807, 2.05) is 0 Å². The van der Waals surface area contributed by atoms with Crippen LogP contribution in [0.4, 0.5) is 18.9 Å². The predicted octanol–water partition coefficient (Wildman–Crippen LogP) is 5.33. The minimum Gasteiger partial charge on any atom is -0.385 e. The van der Waals surface area contributed by atoms with Gasteiger partial charge in [-0.05, 0) is 48.9 Å². The Labute approximate surface area is 118 Å². The molecule has 4 heteroatoms. The highest BCUT2D eigenvalue weighted by atomic mass is 19.4. The smallest absolute Gasteiger partial charge is 0.385 e. The maximum absolute atomic E-state index is 12.4. The van der Waals surface area contributed by atoms with E-state index in [2.05, 4.69) is 12.2 Å². The van der Waals surface area contributed by atoms with Crippen LogP contribution in [0.1, 0.15) is 44.6 Å². The molecule has 112 valence electrons. The van der Waals surface area contributed by atoms with Gasteiger partial charge in [0, 0.05) is 12.2 Å². The maximum atomic E-state index is 12.4. The Morgan fingerprint density at radius 2 is 1.85 bits per heavy atom. The summed E-state index contributed by atoms with van der Waals surface area (Å²) in [5.41, 5.74) is 0.172. The summed E-state index contributed by atoms with van der Waals surface area (Å²) in [6.07, 6.45) is 2.07. The van der Waals surface area contributed by atoms with Gasteiger partial charge < -0.3 is 5.32 Å². The summed E-state index contributed by atoms with van der Waals surface area (Å²) in [6.45, 7) is 3.14. The molecular formula is C16H22F3N. The molecule has 1 fully saturated rings. The molecule has 1 aromatic rings. The van der Waals surface area contributed by atoms with Crippen molar-refractivity contribution in [2.75, 3.05) is 11.9 Å². The number of hydrogen-bond donors (Lipinski definition) is 1. The molecule has 0 heterocycles. The summed E-state index contributed by atoms with van der Waals surface area (Å²) < 4.78 is 37.3. The summed E-state index contributed by atoms with van der Waals surface area (Å²) in [7, 11) is 0. The minimum atomic E-state index is -4.25. The number of benzene rings is 1. The van der Waals surface area contributed by atoms with E-state index in [4.69, 9.17) is 0 Å². The number of hydrogen-bond acceptors (Lipinski definition) is 1. The summed E-state index contributed by atoms with van der Waals surface area (Å²) in [5, 5.41) is 3.22. The van der Waals surface area contributed by atoms with Gasteiger partial charge in [0.1, 0.15) is 0 Å². The molecule has 0 bridgehead atoms. The van der Waals surface area contributed by atoms with Gasteiger partial charge in [-0.2, -0.15) is 13.2 Å². The van der Waals surface area contributed by atoms with Crippen LogP contribution in [0.25, 0.3) is 0 Å². The lowest BCUT2D eigenvalue weighted by molar-refractivity contribution is -0.137. The van der Waals surface area contributed by atoms with E-state index in [0.29, 0.717) is 0 Å². The van der Waals surface area contributed by atoms with E-state index in [1.54, 1.807) is 0 Å². The van der Waals surface area contributed by atoms with E-state index in [0.717, 1.165) is 42.6 Å². The molecule has 0 radical (unpaired) electrons. The van der Waals surface area contributed by atoms with Gasteiger partial charge in [0.05, 0.1) is 5.56 Å². The van der Waals surface area contributed by atoms with E-state index in [1.165, 1.54) is 37.8 Å². The Balaban J connectivity index is 1.77. The Kier molecular flexibility index (Phi) is 4.95. The van der Waals surface area contributed by atoms with Crippen molar-refractivity contribution in [1.82, 2.24) is 0 Å². The quantitative estimate of drug-likeness (QED) is 0.788. The fourth-order valence-electron chi connectivity index (χ4n) is 3.02. The van der Waals surface area contributed by atoms with Crippen LogP contribution in [0.15, 0.2) is 24.3 Å². The standard InChI is InChI=1S/C16H22F3N/c1-12-3-2-4-13(11-12)9-10-20-15-7-5-14(6-8-15)16(17,18)19/h5-8,12-13,20H,2-4,9-11H2,1H3. The van der Waals surface area contributed by atoms with Gasteiger partial charge in [-0.1, -0.05) is 26.2 Å². The molecule has 1 aromatic carbocycles. The fraction of sp³-hybridized carbons (Fsp3) is 0.625. The van der Waals surface area contributed by atoms with Crippen LogP contribution in [-0.2, 0) is 6.18 Å². The number of alkyl halides is 3. The molecule has 2 rings (SSSR count). The van der Waals surface area contributed by atoms with Gasteiger partial charge >= 0.3 is 6.18 Å². The average molecular weight is 285 g/mol. The van der Waals surface area contributed by atoms with E-state index >= 15 is 0 Å². The summed E-state index contributed by atoms with van der Waals surface area (Å²) in [6, 6.07) is 5.27. The highest BCUT2D eigenvalue weighted by Crippen LogP contribution is 2.31. The van der Waals surface area contributed by atoms with Crippen molar-refractivity contribution in [3.63, 3.8) is 0 Å². The molecule has 1 nitrogen and oxygen atoms in total. The Morgan fingerprint density at radius 3 is 2.45 bits per heavy atom. The van der Waals surface area contributed by atoms with Gasteiger partial charge in [-0.25, -0.2) is 0 Å². The SMILES string of the molecule is CC1CCCC(CCNc2ccc(C(F)(F)F)cc2)C1. The Bertz CT molecular complexity index is 411. The lowest BCUT2D eigenvalue weighted by Crippen LogP contribution is -2.16. The van der Waals surface area contributed by atoms with Gasteiger partial charge in [0.2, 0.25) is 0 Å². The first-order valence-corrected chi connectivity index (χ1v) is 7.36. The third kappa shape index (κ3) is 4.43. The zero-order chi connectivity index (χ0) is 14.6. The zero-order valence-corrected chi connectivity index (χ0v) is 11.8. The van der Waals surface area contributed by atoms with E-state index in [9.17, 15) is 13.2 Å². The van der Waals surface area contributed by atoms with Crippen LogP contribution in [-0.4, -0.2) is 6.54 Å². The first-order valence-electron chi connectivity index (χ1n) is 7.36. The lowest BCUT2D eigenvalue weighted by Gasteiger charge is -2.26. The first kappa shape index (κ1) is 15.2. The van der Waals surface area contributed by atoms with Gasteiger partial charge in [-0.15, -0.1) is 0 Å². The van der Waals surface area contributed by atoms with Crippen molar-refractivity contribution >= 4 is 5.69 Å². The summed E-state index contributed by atoms with van der Waals surface area (Å²) in [4.78, 5) is 0. The molecule has 1 saturated carbocycles. The number of rotatable bonds is 4. The second-order valence-corrected chi connectivity index (χ2v) is 5.93. The normalized spacial score (nSPS) is 23.6. The molecule has 1 N–H and O–H groups in total. The molecule has 0 amide bonds. The van der Waals surface area contributed by atoms with Crippen LogP contribution in [0.2, 0.25) is 0 Å². The van der Waals surface area contributed by atoms with Crippen molar-refractivity contribution in [3.8, 4) is 0 Å². The molecule has 2 atom stereocenters. The Hall–Kier alpha value is -1.19. The highest BCUT2D eigenvalue weighted by Gasteiger charge is 2.29. The molecule has 20 heavy (non-hydrogen) atoms. The third-order valence-electron chi connectivity index (χ3n) is 4.14. The summed E-state index contributed by atoms with van der Waals surface area (Å²) in [5.74, 6) is 1.58. The van der Waals surface area contributed by atoms with Crippen LogP contribution in [0.3, 0.4) is 0 Å². The van der Waals surface area contributed by atoms with Crippen LogP contribution >= 0.6 is 0 Å². The summed E-state index contributed by atoms with van der Waals surface area (Å²) >= 11 is 0. The van der Waals surface area contributed by atoms with Crippen molar-refractivity contribution in [2.45, 2.75) is 45.2 Å². The van der Waals surface area contributed by atoms with Crippen molar-refractivity contribution in [2.24, 2.45) is 11.8 Å². The second kappa shape index (κ2) is 6.51. The molecule has 1 aliphatic carbocycles. The monoisotopic (exact) mass is 285 g/mol. The Morgan fingerprint density at radius 1 is 1.15 bits per heavy atom. The molecule has 1 aliphatic rings.